The molecule has 1 atom stereocenters. The molecule has 0 aromatic heterocycles. The number of rotatable bonds is 7. The lowest BCUT2D eigenvalue weighted by Crippen LogP contribution is -2.19. The molecule has 0 aliphatic rings. The number of nitrogens with two attached hydrogens (primary N) is 1. The summed E-state index contributed by atoms with van der Waals surface area (Å²) in [5.41, 5.74) is 5.27. The van der Waals surface area contributed by atoms with Gasteiger partial charge in [-0.1, -0.05) is 25.0 Å². The first-order valence-electron chi connectivity index (χ1n) is 4.80. The number of aliphatic hydroxyl groups excluding tert-OH is 1. The Labute approximate surface area is 75.5 Å². The standard InChI is InChI=1S/C10H21NO/c1-2-3-4-5-6-7-8-10(12)9-11/h2-3,10,12H,4-9,11H2,1H3/b3-2+. The molecule has 0 spiro atoms. The van der Waals surface area contributed by atoms with Crippen LogP contribution in [-0.2, 0) is 0 Å². The van der Waals surface area contributed by atoms with E-state index in [4.69, 9.17) is 10.8 Å². The SMILES string of the molecule is C/C=C/CCCCCC(O)CN. The zero-order valence-corrected chi connectivity index (χ0v) is 8.00. The summed E-state index contributed by atoms with van der Waals surface area (Å²) in [6.45, 7) is 2.44. The molecule has 0 amide bonds. The van der Waals surface area contributed by atoms with Gasteiger partial charge in [0.2, 0.25) is 0 Å². The van der Waals surface area contributed by atoms with E-state index in [1.807, 2.05) is 6.92 Å². The van der Waals surface area contributed by atoms with E-state index >= 15 is 0 Å². The van der Waals surface area contributed by atoms with Crippen LogP contribution in [-0.4, -0.2) is 17.8 Å². The Bertz CT molecular complexity index is 112. The van der Waals surface area contributed by atoms with Crippen LogP contribution in [0.1, 0.15) is 39.0 Å². The highest BCUT2D eigenvalue weighted by atomic mass is 16.3. The van der Waals surface area contributed by atoms with E-state index in [0.29, 0.717) is 6.54 Å². The topological polar surface area (TPSA) is 46.2 Å². The molecule has 0 aromatic carbocycles. The number of hydrogen-bond donors (Lipinski definition) is 2. The molecule has 0 aliphatic carbocycles. The van der Waals surface area contributed by atoms with Crippen molar-refractivity contribution in [2.24, 2.45) is 5.73 Å². The lowest BCUT2D eigenvalue weighted by atomic mass is 10.1. The van der Waals surface area contributed by atoms with Gasteiger partial charge in [0.1, 0.15) is 0 Å². The minimum atomic E-state index is -0.285. The highest BCUT2D eigenvalue weighted by Gasteiger charge is 1.98. The van der Waals surface area contributed by atoms with Crippen LogP contribution in [0.25, 0.3) is 0 Å². The van der Waals surface area contributed by atoms with Crippen LogP contribution >= 0.6 is 0 Å². The summed E-state index contributed by atoms with van der Waals surface area (Å²) >= 11 is 0. The van der Waals surface area contributed by atoms with Crippen molar-refractivity contribution in [3.05, 3.63) is 12.2 Å². The first kappa shape index (κ1) is 11.7. The maximum Gasteiger partial charge on any atom is 0.0662 e. The molecule has 0 saturated carbocycles. The fraction of sp³-hybridized carbons (Fsp3) is 0.800. The second kappa shape index (κ2) is 8.75. The third-order valence-corrected chi connectivity index (χ3v) is 1.92. The molecule has 3 N–H and O–H groups in total. The number of hydrogen-bond acceptors (Lipinski definition) is 2. The van der Waals surface area contributed by atoms with E-state index < -0.39 is 0 Å². The molecule has 2 heteroatoms. The fourth-order valence-electron chi connectivity index (χ4n) is 1.10. The smallest absolute Gasteiger partial charge is 0.0662 e. The molecule has 1 unspecified atom stereocenters. The third kappa shape index (κ3) is 7.76. The quantitative estimate of drug-likeness (QED) is 0.453. The molecule has 2 nitrogen and oxygen atoms in total. The van der Waals surface area contributed by atoms with Crippen molar-refractivity contribution >= 4 is 0 Å². The average Bonchev–Trinajstić information content (AvgIpc) is 2.10. The lowest BCUT2D eigenvalue weighted by Gasteiger charge is -2.05. The van der Waals surface area contributed by atoms with Crippen LogP contribution in [0.3, 0.4) is 0 Å². The fourth-order valence-corrected chi connectivity index (χ4v) is 1.10. The molecule has 0 aliphatic heterocycles. The Balaban J connectivity index is 3.00. The van der Waals surface area contributed by atoms with Gasteiger partial charge in [-0.25, -0.2) is 0 Å². The monoisotopic (exact) mass is 171 g/mol. The first-order chi connectivity index (χ1) is 5.81. The van der Waals surface area contributed by atoms with Gasteiger partial charge in [-0.3, -0.25) is 0 Å². The lowest BCUT2D eigenvalue weighted by molar-refractivity contribution is 0.169. The summed E-state index contributed by atoms with van der Waals surface area (Å²) in [5.74, 6) is 0. The Kier molecular flexibility index (Phi) is 8.51. The average molecular weight is 171 g/mol. The van der Waals surface area contributed by atoms with Crippen molar-refractivity contribution in [3.63, 3.8) is 0 Å². The number of unbranched alkanes of at least 4 members (excludes halogenated alkanes) is 3. The van der Waals surface area contributed by atoms with Gasteiger partial charge in [0, 0.05) is 6.54 Å². The van der Waals surface area contributed by atoms with Crippen molar-refractivity contribution in [1.82, 2.24) is 0 Å². The van der Waals surface area contributed by atoms with Gasteiger partial charge in [0.25, 0.3) is 0 Å². The largest absolute Gasteiger partial charge is 0.392 e. The van der Waals surface area contributed by atoms with Crippen molar-refractivity contribution < 1.29 is 5.11 Å². The summed E-state index contributed by atoms with van der Waals surface area (Å²) in [6.07, 6.45) is 9.50. The van der Waals surface area contributed by atoms with Crippen molar-refractivity contribution in [2.45, 2.75) is 45.1 Å². The van der Waals surface area contributed by atoms with Gasteiger partial charge in [-0.2, -0.15) is 0 Å². The van der Waals surface area contributed by atoms with Crippen molar-refractivity contribution in [3.8, 4) is 0 Å². The highest BCUT2D eigenvalue weighted by Crippen LogP contribution is 2.05. The Morgan fingerprint density at radius 2 is 2.08 bits per heavy atom. The maximum atomic E-state index is 9.12. The highest BCUT2D eigenvalue weighted by molar-refractivity contribution is 4.76. The number of allylic oxidation sites excluding steroid dienone is 2. The van der Waals surface area contributed by atoms with Crippen LogP contribution < -0.4 is 5.73 Å². The van der Waals surface area contributed by atoms with Crippen molar-refractivity contribution in [2.75, 3.05) is 6.54 Å². The van der Waals surface area contributed by atoms with Crippen LogP contribution in [0.2, 0.25) is 0 Å². The van der Waals surface area contributed by atoms with Crippen LogP contribution in [0.15, 0.2) is 12.2 Å². The van der Waals surface area contributed by atoms with Gasteiger partial charge < -0.3 is 10.8 Å². The van der Waals surface area contributed by atoms with E-state index in [2.05, 4.69) is 12.2 Å². The minimum absolute atomic E-state index is 0.285. The molecule has 12 heavy (non-hydrogen) atoms. The molecule has 0 saturated heterocycles. The van der Waals surface area contributed by atoms with E-state index in [9.17, 15) is 0 Å². The summed E-state index contributed by atoms with van der Waals surface area (Å²) < 4.78 is 0. The second-order valence-electron chi connectivity index (χ2n) is 3.10. The normalized spacial score (nSPS) is 13.9. The van der Waals surface area contributed by atoms with Gasteiger partial charge in [0.05, 0.1) is 6.10 Å². The predicted molar refractivity (Wildman–Crippen MR) is 53.0 cm³/mol. The zero-order valence-electron chi connectivity index (χ0n) is 8.00. The minimum Gasteiger partial charge on any atom is -0.392 e. The van der Waals surface area contributed by atoms with Crippen LogP contribution in [0.5, 0.6) is 0 Å². The van der Waals surface area contributed by atoms with E-state index in [1.165, 1.54) is 12.8 Å². The first-order valence-corrected chi connectivity index (χ1v) is 4.80. The summed E-state index contributed by atoms with van der Waals surface area (Å²) in [5, 5.41) is 9.12. The molecule has 0 radical (unpaired) electrons. The van der Waals surface area contributed by atoms with E-state index in [-0.39, 0.29) is 6.10 Å². The summed E-state index contributed by atoms with van der Waals surface area (Å²) in [6, 6.07) is 0. The Hall–Kier alpha value is -0.340. The molecule has 0 fully saturated rings. The van der Waals surface area contributed by atoms with Crippen molar-refractivity contribution in [1.29, 1.82) is 0 Å². The zero-order chi connectivity index (χ0) is 9.23. The Morgan fingerprint density at radius 3 is 2.67 bits per heavy atom. The molecule has 72 valence electrons. The second-order valence-corrected chi connectivity index (χ2v) is 3.10. The molecule has 0 rings (SSSR count). The molecule has 0 heterocycles. The molecular formula is C10H21NO. The summed E-state index contributed by atoms with van der Waals surface area (Å²) in [7, 11) is 0. The molecule has 0 aromatic rings. The molecular weight excluding hydrogens is 150 g/mol. The van der Waals surface area contributed by atoms with Gasteiger partial charge in [-0.15, -0.1) is 0 Å². The van der Waals surface area contributed by atoms with E-state index in [0.717, 1.165) is 19.3 Å². The van der Waals surface area contributed by atoms with Crippen LogP contribution in [0.4, 0.5) is 0 Å². The van der Waals surface area contributed by atoms with Gasteiger partial charge >= 0.3 is 0 Å². The summed E-state index contributed by atoms with van der Waals surface area (Å²) in [4.78, 5) is 0. The Morgan fingerprint density at radius 1 is 1.33 bits per heavy atom. The predicted octanol–water partition coefficient (Wildman–Crippen LogP) is 1.83. The number of aliphatic hydroxyl groups is 1. The third-order valence-electron chi connectivity index (χ3n) is 1.92. The van der Waals surface area contributed by atoms with E-state index in [1.54, 1.807) is 0 Å². The van der Waals surface area contributed by atoms with Gasteiger partial charge in [0.15, 0.2) is 0 Å². The van der Waals surface area contributed by atoms with Crippen LogP contribution in [0, 0.1) is 0 Å². The maximum absolute atomic E-state index is 9.12. The van der Waals surface area contributed by atoms with Gasteiger partial charge in [-0.05, 0) is 26.2 Å². The molecule has 0 bridgehead atoms.